The van der Waals surface area contributed by atoms with Gasteiger partial charge in [0.25, 0.3) is 0 Å². The average molecular weight is 276 g/mol. The molecule has 1 aliphatic rings. The molecular weight excluding hydrogens is 250 g/mol. The molecule has 3 heteroatoms. The Labute approximate surface area is 121 Å². The number of hydrogen-bond donors (Lipinski definition) is 1. The summed E-state index contributed by atoms with van der Waals surface area (Å²) in [6, 6.07) is 10.4. The molecule has 1 heterocycles. The Morgan fingerprint density at radius 2 is 1.90 bits per heavy atom. The van der Waals surface area contributed by atoms with Crippen LogP contribution in [-0.4, -0.2) is 30.7 Å². The number of benzene rings is 1. The molecule has 1 fully saturated rings. The van der Waals surface area contributed by atoms with Crippen LogP contribution in [0, 0.1) is 5.92 Å². The van der Waals surface area contributed by atoms with E-state index in [-0.39, 0.29) is 12.1 Å². The molecule has 0 aliphatic carbocycles. The maximum atomic E-state index is 12.2. The predicted octanol–water partition coefficient (Wildman–Crippen LogP) is 1.93. The van der Waals surface area contributed by atoms with Crippen LogP contribution in [0.2, 0.25) is 0 Å². The number of piperidine rings is 1. The van der Waals surface area contributed by atoms with Crippen LogP contribution in [0.5, 0.6) is 0 Å². The predicted molar refractivity (Wildman–Crippen MR) is 79.9 cm³/mol. The van der Waals surface area contributed by atoms with Gasteiger partial charge in [0.2, 0.25) is 0 Å². The molecule has 1 aromatic rings. The molecule has 1 saturated heterocycles. The van der Waals surface area contributed by atoms with E-state index in [4.69, 9.17) is 4.74 Å². The van der Waals surface area contributed by atoms with Crippen LogP contribution >= 0.6 is 0 Å². The topological polar surface area (TPSA) is 30.7 Å². The van der Waals surface area contributed by atoms with Crippen LogP contribution in [0.4, 0.5) is 0 Å². The van der Waals surface area contributed by atoms with E-state index in [0.29, 0.717) is 23.6 Å². The van der Waals surface area contributed by atoms with Gasteiger partial charge in [-0.2, -0.15) is 0 Å². The van der Waals surface area contributed by atoms with Gasteiger partial charge in [0.15, 0.2) is 0 Å². The summed E-state index contributed by atoms with van der Waals surface area (Å²) in [5.41, 5.74) is 0.644. The molecule has 0 radical (unpaired) electrons. The third kappa shape index (κ3) is 3.40. The zero-order valence-corrected chi connectivity index (χ0v) is 12.9. The highest BCUT2D eigenvalue weighted by molar-refractivity contribution is 5.89. The van der Waals surface area contributed by atoms with Gasteiger partial charge in [-0.25, -0.2) is 4.79 Å². The quantitative estimate of drug-likeness (QED) is 0.855. The van der Waals surface area contributed by atoms with Crippen molar-refractivity contribution >= 4 is 5.97 Å². The minimum atomic E-state index is -0.192. The fourth-order valence-corrected chi connectivity index (χ4v) is 3.19. The zero-order valence-electron chi connectivity index (χ0n) is 12.9. The fourth-order valence-electron chi connectivity index (χ4n) is 3.19. The smallest absolute Gasteiger partial charge is 0.338 e. The summed E-state index contributed by atoms with van der Waals surface area (Å²) in [6.45, 7) is 10.0. The van der Waals surface area contributed by atoms with Crippen molar-refractivity contribution in [2.24, 2.45) is 5.92 Å². The molecule has 0 aromatic heterocycles. The Kier molecular flexibility index (Phi) is 4.81. The molecule has 0 bridgehead atoms. The molecular formula is C17H26NO2+. The minimum absolute atomic E-state index is 0.0419. The number of nitrogens with one attached hydrogen (secondary N) is 1. The Morgan fingerprint density at radius 1 is 1.25 bits per heavy atom. The highest BCUT2D eigenvalue weighted by atomic mass is 16.5. The monoisotopic (exact) mass is 276 g/mol. The molecule has 110 valence electrons. The molecule has 1 aliphatic heterocycles. The number of quaternary nitrogens is 1. The molecule has 1 unspecified atom stereocenters. The van der Waals surface area contributed by atoms with Gasteiger partial charge < -0.3 is 9.64 Å². The molecule has 0 amide bonds. The van der Waals surface area contributed by atoms with Crippen molar-refractivity contribution in [1.29, 1.82) is 0 Å². The van der Waals surface area contributed by atoms with Crippen molar-refractivity contribution in [2.45, 2.75) is 52.3 Å². The highest BCUT2D eigenvalue weighted by Gasteiger charge is 2.37. The van der Waals surface area contributed by atoms with E-state index in [1.807, 2.05) is 30.3 Å². The molecule has 0 saturated carbocycles. The van der Waals surface area contributed by atoms with Gasteiger partial charge in [-0.15, -0.1) is 0 Å². The van der Waals surface area contributed by atoms with Crippen molar-refractivity contribution < 1.29 is 14.4 Å². The summed E-state index contributed by atoms with van der Waals surface area (Å²) in [4.78, 5) is 13.8. The Morgan fingerprint density at radius 3 is 2.50 bits per heavy atom. The molecule has 1 aromatic carbocycles. The summed E-state index contributed by atoms with van der Waals surface area (Å²) in [7, 11) is 0. The highest BCUT2D eigenvalue weighted by Crippen LogP contribution is 2.18. The second kappa shape index (κ2) is 6.40. The standard InChI is InChI=1S/C17H25NO2/c1-12(2)18-11-13(3)16(10-14(18)4)20-17(19)15-8-6-5-7-9-15/h5-9,12-14,16H,10-11H2,1-4H3/p+1/t13-,14-,16-/m1/s1. The van der Waals surface area contributed by atoms with E-state index in [9.17, 15) is 4.79 Å². The summed E-state index contributed by atoms with van der Waals surface area (Å²) >= 11 is 0. The third-order valence-corrected chi connectivity index (χ3v) is 4.42. The molecule has 3 nitrogen and oxygen atoms in total. The fraction of sp³-hybridized carbons (Fsp3) is 0.588. The number of hydrogen-bond acceptors (Lipinski definition) is 2. The van der Waals surface area contributed by atoms with Gasteiger partial charge in [-0.05, 0) is 32.9 Å². The zero-order chi connectivity index (χ0) is 14.7. The first kappa shape index (κ1) is 15.0. The van der Waals surface area contributed by atoms with Gasteiger partial charge in [0.1, 0.15) is 6.10 Å². The van der Waals surface area contributed by atoms with Crippen LogP contribution < -0.4 is 4.90 Å². The van der Waals surface area contributed by atoms with E-state index in [2.05, 4.69) is 27.7 Å². The van der Waals surface area contributed by atoms with Gasteiger partial charge in [-0.3, -0.25) is 0 Å². The van der Waals surface area contributed by atoms with E-state index < -0.39 is 0 Å². The van der Waals surface area contributed by atoms with Gasteiger partial charge in [-0.1, -0.05) is 25.1 Å². The summed E-state index contributed by atoms with van der Waals surface area (Å²) < 4.78 is 5.74. The summed E-state index contributed by atoms with van der Waals surface area (Å²) in [6.07, 6.45) is 0.993. The van der Waals surface area contributed by atoms with Gasteiger partial charge in [0, 0.05) is 12.3 Å². The van der Waals surface area contributed by atoms with E-state index in [1.54, 1.807) is 4.90 Å². The van der Waals surface area contributed by atoms with Crippen molar-refractivity contribution in [2.75, 3.05) is 6.54 Å². The number of ether oxygens (including phenoxy) is 1. The van der Waals surface area contributed by atoms with Gasteiger partial charge >= 0.3 is 5.97 Å². The lowest BCUT2D eigenvalue weighted by Crippen LogP contribution is -3.20. The maximum Gasteiger partial charge on any atom is 0.338 e. The number of carbonyl (C=O) groups is 1. The summed E-state index contributed by atoms with van der Waals surface area (Å²) in [5, 5.41) is 0. The normalized spacial score (nSPS) is 30.2. The molecule has 20 heavy (non-hydrogen) atoms. The third-order valence-electron chi connectivity index (χ3n) is 4.42. The molecule has 0 spiro atoms. The van der Waals surface area contributed by atoms with Crippen LogP contribution in [0.25, 0.3) is 0 Å². The van der Waals surface area contributed by atoms with Gasteiger partial charge in [0.05, 0.1) is 24.2 Å². The first-order valence-electron chi connectivity index (χ1n) is 7.60. The van der Waals surface area contributed by atoms with E-state index in [1.165, 1.54) is 0 Å². The number of likely N-dealkylation sites (tertiary alicyclic amines) is 1. The lowest BCUT2D eigenvalue weighted by molar-refractivity contribution is -0.953. The maximum absolute atomic E-state index is 12.2. The average Bonchev–Trinajstić information content (AvgIpc) is 2.43. The van der Waals surface area contributed by atoms with Crippen LogP contribution in [0.15, 0.2) is 30.3 Å². The van der Waals surface area contributed by atoms with Crippen molar-refractivity contribution in [1.82, 2.24) is 0 Å². The second-order valence-electron chi connectivity index (χ2n) is 6.36. The Hall–Kier alpha value is -1.35. The lowest BCUT2D eigenvalue weighted by atomic mass is 9.90. The number of carbonyl (C=O) groups excluding carboxylic acids is 1. The number of esters is 1. The SMILES string of the molecule is CC(C)[NH+]1C[C@@H](C)[C@H](OC(=O)c2ccccc2)C[C@H]1C. The summed E-state index contributed by atoms with van der Waals surface area (Å²) in [5.74, 6) is 0.221. The molecule has 2 rings (SSSR count). The van der Waals surface area contributed by atoms with Crippen LogP contribution in [0.3, 0.4) is 0 Å². The van der Waals surface area contributed by atoms with Crippen molar-refractivity contribution in [3.63, 3.8) is 0 Å². The van der Waals surface area contributed by atoms with E-state index in [0.717, 1.165) is 13.0 Å². The Bertz CT molecular complexity index is 444. The minimum Gasteiger partial charge on any atom is -0.458 e. The molecule has 4 atom stereocenters. The largest absolute Gasteiger partial charge is 0.458 e. The lowest BCUT2D eigenvalue weighted by Gasteiger charge is -2.40. The van der Waals surface area contributed by atoms with Crippen LogP contribution in [-0.2, 0) is 4.74 Å². The number of rotatable bonds is 3. The Balaban J connectivity index is 1.99. The second-order valence-corrected chi connectivity index (χ2v) is 6.36. The first-order chi connectivity index (χ1) is 9.49. The van der Waals surface area contributed by atoms with Crippen molar-refractivity contribution in [3.8, 4) is 0 Å². The first-order valence-corrected chi connectivity index (χ1v) is 7.60. The van der Waals surface area contributed by atoms with E-state index >= 15 is 0 Å². The van der Waals surface area contributed by atoms with Crippen molar-refractivity contribution in [3.05, 3.63) is 35.9 Å². The van der Waals surface area contributed by atoms with Crippen LogP contribution in [0.1, 0.15) is 44.5 Å². The molecule has 1 N–H and O–H groups in total.